The zero-order valence-corrected chi connectivity index (χ0v) is 10.3. The van der Waals surface area contributed by atoms with Gasteiger partial charge in [0.05, 0.1) is 5.56 Å². The summed E-state index contributed by atoms with van der Waals surface area (Å²) in [6.07, 6.45) is 0.804. The van der Waals surface area contributed by atoms with E-state index in [9.17, 15) is 9.18 Å². The summed E-state index contributed by atoms with van der Waals surface area (Å²) in [4.78, 5) is 14.0. The van der Waals surface area contributed by atoms with Crippen molar-refractivity contribution in [1.29, 1.82) is 0 Å². The molecule has 19 heavy (non-hydrogen) atoms. The summed E-state index contributed by atoms with van der Waals surface area (Å²) in [5, 5.41) is 0. The highest BCUT2D eigenvalue weighted by Gasteiger charge is 2.26. The third-order valence-corrected chi connectivity index (χ3v) is 3.36. The van der Waals surface area contributed by atoms with Crippen LogP contribution in [0.5, 0.6) is 0 Å². The number of carbonyl (C=O) groups is 1. The molecule has 0 fully saturated rings. The van der Waals surface area contributed by atoms with Crippen molar-refractivity contribution in [2.24, 2.45) is 0 Å². The number of hydrogen-bond donors (Lipinski definition) is 1. The van der Waals surface area contributed by atoms with Crippen molar-refractivity contribution in [2.75, 3.05) is 17.2 Å². The number of fused-ring (bicyclic) bond motifs is 1. The zero-order chi connectivity index (χ0) is 13.4. The van der Waals surface area contributed by atoms with Gasteiger partial charge in [-0.1, -0.05) is 18.2 Å². The number of nitrogens with zero attached hydrogens (tertiary/aromatic N) is 1. The second kappa shape index (κ2) is 4.39. The Morgan fingerprint density at radius 1 is 1.21 bits per heavy atom. The van der Waals surface area contributed by atoms with Crippen LogP contribution in [0.1, 0.15) is 15.9 Å². The van der Waals surface area contributed by atoms with Crippen LogP contribution in [0.3, 0.4) is 0 Å². The fraction of sp³-hybridized carbons (Fsp3) is 0.133. The molecule has 0 aromatic heterocycles. The van der Waals surface area contributed by atoms with E-state index >= 15 is 0 Å². The summed E-state index contributed by atoms with van der Waals surface area (Å²) >= 11 is 0. The Bertz CT molecular complexity index is 654. The molecule has 2 aromatic carbocycles. The van der Waals surface area contributed by atoms with E-state index in [1.807, 2.05) is 24.3 Å². The van der Waals surface area contributed by atoms with Crippen LogP contribution in [0.15, 0.2) is 42.5 Å². The monoisotopic (exact) mass is 256 g/mol. The van der Waals surface area contributed by atoms with Crippen molar-refractivity contribution in [2.45, 2.75) is 6.42 Å². The number of rotatable bonds is 1. The number of nitrogens with two attached hydrogens (primary N) is 1. The van der Waals surface area contributed by atoms with Crippen molar-refractivity contribution < 1.29 is 9.18 Å². The van der Waals surface area contributed by atoms with Crippen molar-refractivity contribution in [1.82, 2.24) is 0 Å². The SMILES string of the molecule is Nc1ccc(C(=O)N2CCc3ccccc32)c(F)c1. The van der Waals surface area contributed by atoms with Crippen molar-refractivity contribution in [3.8, 4) is 0 Å². The number of hydrogen-bond acceptors (Lipinski definition) is 2. The first-order chi connectivity index (χ1) is 9.16. The van der Waals surface area contributed by atoms with Gasteiger partial charge in [-0.15, -0.1) is 0 Å². The van der Waals surface area contributed by atoms with Gasteiger partial charge in [0.2, 0.25) is 0 Å². The maximum Gasteiger partial charge on any atom is 0.261 e. The third kappa shape index (κ3) is 1.95. The number of anilines is 2. The van der Waals surface area contributed by atoms with E-state index in [1.54, 1.807) is 4.90 Å². The molecule has 1 amide bonds. The standard InChI is InChI=1S/C15H13FN2O/c16-13-9-11(17)5-6-12(13)15(19)18-8-7-10-3-1-2-4-14(10)18/h1-6,9H,7-8,17H2. The average Bonchev–Trinajstić information content (AvgIpc) is 2.82. The highest BCUT2D eigenvalue weighted by Crippen LogP contribution is 2.29. The number of benzene rings is 2. The second-order valence-electron chi connectivity index (χ2n) is 4.57. The molecular weight excluding hydrogens is 243 g/mol. The Kier molecular flexibility index (Phi) is 2.71. The Morgan fingerprint density at radius 2 is 2.00 bits per heavy atom. The zero-order valence-electron chi connectivity index (χ0n) is 10.3. The summed E-state index contributed by atoms with van der Waals surface area (Å²) in [6.45, 7) is 0.585. The molecule has 0 aliphatic carbocycles. The summed E-state index contributed by atoms with van der Waals surface area (Å²) in [6, 6.07) is 11.8. The van der Waals surface area contributed by atoms with E-state index in [0.717, 1.165) is 17.7 Å². The van der Waals surface area contributed by atoms with E-state index in [2.05, 4.69) is 0 Å². The van der Waals surface area contributed by atoms with Crippen LogP contribution >= 0.6 is 0 Å². The Labute approximate surface area is 110 Å². The molecule has 1 heterocycles. The molecule has 0 unspecified atom stereocenters. The summed E-state index contributed by atoms with van der Waals surface area (Å²) < 4.78 is 13.8. The minimum absolute atomic E-state index is 0.0610. The molecule has 2 aromatic rings. The van der Waals surface area contributed by atoms with Crippen molar-refractivity contribution >= 4 is 17.3 Å². The molecule has 0 spiro atoms. The van der Waals surface area contributed by atoms with Gasteiger partial charge in [0.1, 0.15) is 5.82 Å². The van der Waals surface area contributed by atoms with Gasteiger partial charge in [-0.25, -0.2) is 4.39 Å². The van der Waals surface area contributed by atoms with Crippen molar-refractivity contribution in [3.05, 3.63) is 59.4 Å². The van der Waals surface area contributed by atoms with Gasteiger partial charge >= 0.3 is 0 Å². The topological polar surface area (TPSA) is 46.3 Å². The lowest BCUT2D eigenvalue weighted by molar-refractivity contribution is 0.0985. The first-order valence-corrected chi connectivity index (χ1v) is 6.11. The van der Waals surface area contributed by atoms with E-state index in [4.69, 9.17) is 5.73 Å². The minimum Gasteiger partial charge on any atom is -0.399 e. The molecule has 96 valence electrons. The smallest absolute Gasteiger partial charge is 0.261 e. The van der Waals surface area contributed by atoms with Crippen LogP contribution < -0.4 is 10.6 Å². The second-order valence-corrected chi connectivity index (χ2v) is 4.57. The maximum atomic E-state index is 13.8. The fourth-order valence-electron chi connectivity index (χ4n) is 2.40. The molecule has 0 radical (unpaired) electrons. The van der Waals surface area contributed by atoms with E-state index in [0.29, 0.717) is 12.2 Å². The Morgan fingerprint density at radius 3 is 2.79 bits per heavy atom. The van der Waals surface area contributed by atoms with Gasteiger partial charge in [0, 0.05) is 17.9 Å². The molecule has 1 aliphatic rings. The lowest BCUT2D eigenvalue weighted by Crippen LogP contribution is -2.29. The lowest BCUT2D eigenvalue weighted by Gasteiger charge is -2.17. The molecule has 0 atom stereocenters. The number of amides is 1. The van der Waals surface area contributed by atoms with Gasteiger partial charge in [-0.2, -0.15) is 0 Å². The Hall–Kier alpha value is -2.36. The quantitative estimate of drug-likeness (QED) is 0.797. The highest BCUT2D eigenvalue weighted by molar-refractivity contribution is 6.07. The number of halogens is 1. The van der Waals surface area contributed by atoms with Crippen LogP contribution in [-0.4, -0.2) is 12.5 Å². The summed E-state index contributed by atoms with van der Waals surface area (Å²) in [5.74, 6) is -0.892. The maximum absolute atomic E-state index is 13.8. The van der Waals surface area contributed by atoms with Crippen molar-refractivity contribution in [3.63, 3.8) is 0 Å². The predicted octanol–water partition coefficient (Wildman–Crippen LogP) is 2.61. The molecule has 0 saturated carbocycles. The van der Waals surface area contributed by atoms with Gasteiger partial charge < -0.3 is 10.6 Å². The normalized spacial score (nSPS) is 13.4. The van der Waals surface area contributed by atoms with Crippen LogP contribution in [-0.2, 0) is 6.42 Å². The lowest BCUT2D eigenvalue weighted by atomic mass is 10.1. The van der Waals surface area contributed by atoms with Gasteiger partial charge in [-0.3, -0.25) is 4.79 Å². The van der Waals surface area contributed by atoms with Crippen LogP contribution in [0.25, 0.3) is 0 Å². The van der Waals surface area contributed by atoms with Crippen LogP contribution in [0.4, 0.5) is 15.8 Å². The predicted molar refractivity (Wildman–Crippen MR) is 72.6 cm³/mol. The molecule has 4 heteroatoms. The van der Waals surface area contributed by atoms with Crippen LogP contribution in [0.2, 0.25) is 0 Å². The van der Waals surface area contributed by atoms with E-state index in [-0.39, 0.29) is 11.5 Å². The van der Waals surface area contributed by atoms with Crippen LogP contribution in [0, 0.1) is 5.82 Å². The number of carbonyl (C=O) groups excluding carboxylic acids is 1. The molecule has 0 saturated heterocycles. The fourth-order valence-corrected chi connectivity index (χ4v) is 2.40. The van der Waals surface area contributed by atoms with Gasteiger partial charge in [0.25, 0.3) is 5.91 Å². The molecule has 1 aliphatic heterocycles. The average molecular weight is 256 g/mol. The third-order valence-electron chi connectivity index (χ3n) is 3.36. The molecule has 3 nitrogen and oxygen atoms in total. The van der Waals surface area contributed by atoms with Gasteiger partial charge in [-0.05, 0) is 36.2 Å². The molecule has 2 N–H and O–H groups in total. The first-order valence-electron chi connectivity index (χ1n) is 6.11. The summed E-state index contributed by atoms with van der Waals surface area (Å²) in [5.41, 5.74) is 7.85. The number of para-hydroxylation sites is 1. The summed E-state index contributed by atoms with van der Waals surface area (Å²) in [7, 11) is 0. The molecule has 3 rings (SSSR count). The first kappa shape index (κ1) is 11.7. The minimum atomic E-state index is -0.575. The molecule has 0 bridgehead atoms. The Balaban J connectivity index is 1.98. The van der Waals surface area contributed by atoms with E-state index < -0.39 is 5.82 Å². The van der Waals surface area contributed by atoms with E-state index in [1.165, 1.54) is 18.2 Å². The highest BCUT2D eigenvalue weighted by atomic mass is 19.1. The number of nitrogen functional groups attached to an aromatic ring is 1. The van der Waals surface area contributed by atoms with Gasteiger partial charge in [0.15, 0.2) is 0 Å². The largest absolute Gasteiger partial charge is 0.399 e. The molecular formula is C15H13FN2O.